The Morgan fingerprint density at radius 1 is 1.52 bits per heavy atom. The topological polar surface area (TPSA) is 124 Å². The lowest BCUT2D eigenvalue weighted by Gasteiger charge is -2.28. The highest BCUT2D eigenvalue weighted by molar-refractivity contribution is 6.01. The molecule has 23 heavy (non-hydrogen) atoms. The van der Waals surface area contributed by atoms with E-state index in [-0.39, 0.29) is 19.6 Å². The third kappa shape index (κ3) is 3.42. The summed E-state index contributed by atoms with van der Waals surface area (Å²) in [5, 5.41) is 4.97. The molecule has 10 heteroatoms. The minimum atomic E-state index is -0.822. The molecule has 10 nitrogen and oxygen atoms in total. The maximum Gasteiger partial charge on any atom is 0.345 e. The molecule has 2 aliphatic rings. The molecule has 126 valence electrons. The van der Waals surface area contributed by atoms with Crippen molar-refractivity contribution in [2.45, 2.75) is 18.5 Å². The average molecular weight is 326 g/mol. The van der Waals surface area contributed by atoms with Crippen molar-refractivity contribution >= 4 is 23.6 Å². The monoisotopic (exact) mass is 326 g/mol. The summed E-state index contributed by atoms with van der Waals surface area (Å²) in [4.78, 5) is 46.5. The van der Waals surface area contributed by atoms with Gasteiger partial charge < -0.3 is 20.2 Å². The summed E-state index contributed by atoms with van der Waals surface area (Å²) < 4.78 is 4.72. The number of piperidine rings is 1. The van der Waals surface area contributed by atoms with Gasteiger partial charge in [0.1, 0.15) is 12.1 Å². The fraction of sp³-hybridized carbons (Fsp3) is 0.538. The van der Waals surface area contributed by atoms with Crippen LogP contribution in [0.4, 0.5) is 4.79 Å². The molecule has 0 aromatic carbocycles. The summed E-state index contributed by atoms with van der Waals surface area (Å²) >= 11 is 0. The molecule has 2 bridgehead atoms. The summed E-state index contributed by atoms with van der Waals surface area (Å²) in [7, 11) is 1.24. The summed E-state index contributed by atoms with van der Waals surface area (Å²) in [5.41, 5.74) is 5.38. The van der Waals surface area contributed by atoms with E-state index >= 15 is 0 Å². The number of nitrogens with zero attached hydrogens (tertiary/aromatic N) is 3. The Morgan fingerprint density at radius 2 is 2.26 bits per heavy atom. The van der Waals surface area contributed by atoms with Crippen LogP contribution in [0.5, 0.6) is 0 Å². The molecule has 2 fully saturated rings. The number of oxime groups is 1. The molecular formula is C13H18N4O6. The number of urea groups is 1. The van der Waals surface area contributed by atoms with Crippen LogP contribution in [0.1, 0.15) is 6.42 Å². The number of hydrogen-bond acceptors (Lipinski definition) is 7. The van der Waals surface area contributed by atoms with E-state index in [1.807, 2.05) is 0 Å². The molecule has 3 amide bonds. The van der Waals surface area contributed by atoms with Gasteiger partial charge in [0.25, 0.3) is 5.91 Å². The van der Waals surface area contributed by atoms with Crippen LogP contribution in [-0.2, 0) is 24.0 Å². The van der Waals surface area contributed by atoms with E-state index in [1.165, 1.54) is 18.1 Å². The van der Waals surface area contributed by atoms with Crippen molar-refractivity contribution in [3.63, 3.8) is 0 Å². The van der Waals surface area contributed by atoms with Crippen molar-refractivity contribution in [1.82, 2.24) is 9.96 Å². The molecular weight excluding hydrogens is 308 g/mol. The molecule has 2 atom stereocenters. The van der Waals surface area contributed by atoms with Gasteiger partial charge in [0.2, 0.25) is 0 Å². The smallest absolute Gasteiger partial charge is 0.345 e. The van der Waals surface area contributed by atoms with Crippen LogP contribution >= 0.6 is 0 Å². The molecule has 2 rings (SSSR count). The number of primary amides is 1. The van der Waals surface area contributed by atoms with Crippen LogP contribution in [0, 0.1) is 0 Å². The first-order valence-corrected chi connectivity index (χ1v) is 6.88. The van der Waals surface area contributed by atoms with Crippen molar-refractivity contribution in [1.29, 1.82) is 0 Å². The van der Waals surface area contributed by atoms with Gasteiger partial charge in [-0.1, -0.05) is 11.2 Å². The largest absolute Gasteiger partial charge is 0.467 e. The summed E-state index contributed by atoms with van der Waals surface area (Å²) in [5.74, 6) is -1.25. The number of amides is 3. The molecule has 2 heterocycles. The van der Waals surface area contributed by atoms with Gasteiger partial charge in [0.05, 0.1) is 26.0 Å². The van der Waals surface area contributed by atoms with E-state index in [0.29, 0.717) is 5.71 Å². The zero-order chi connectivity index (χ0) is 17.0. The van der Waals surface area contributed by atoms with Crippen LogP contribution in [0.15, 0.2) is 17.8 Å². The number of hydrogen-bond donors (Lipinski definition) is 1. The number of esters is 1. The van der Waals surface area contributed by atoms with Crippen LogP contribution in [0.25, 0.3) is 0 Å². The zero-order valence-corrected chi connectivity index (χ0v) is 12.6. The van der Waals surface area contributed by atoms with Crippen molar-refractivity contribution < 1.29 is 28.8 Å². The highest BCUT2D eigenvalue weighted by Gasteiger charge is 2.51. The third-order valence-corrected chi connectivity index (χ3v) is 3.44. The second-order valence-corrected chi connectivity index (χ2v) is 4.93. The van der Waals surface area contributed by atoms with Crippen LogP contribution in [-0.4, -0.2) is 72.5 Å². The number of nitrogens with two attached hydrogens (primary N) is 1. The van der Waals surface area contributed by atoms with E-state index < -0.39 is 36.6 Å². The van der Waals surface area contributed by atoms with Gasteiger partial charge in [-0.2, -0.15) is 5.06 Å². The minimum absolute atomic E-state index is 0.119. The molecule has 0 radical (unpaired) electrons. The van der Waals surface area contributed by atoms with E-state index in [4.69, 9.17) is 20.1 Å². The Morgan fingerprint density at radius 3 is 2.87 bits per heavy atom. The van der Waals surface area contributed by atoms with Gasteiger partial charge >= 0.3 is 12.0 Å². The van der Waals surface area contributed by atoms with Gasteiger partial charge in [-0.05, 0) is 0 Å². The molecule has 0 spiro atoms. The van der Waals surface area contributed by atoms with Crippen LogP contribution in [0.3, 0.4) is 0 Å². The Labute approximate surface area is 132 Å². The molecule has 0 aliphatic carbocycles. The second-order valence-electron chi connectivity index (χ2n) is 4.93. The quantitative estimate of drug-likeness (QED) is 0.364. The normalized spacial score (nSPS) is 24.7. The van der Waals surface area contributed by atoms with Gasteiger partial charge in [0.15, 0.2) is 6.61 Å². The van der Waals surface area contributed by atoms with Crippen molar-refractivity contribution in [2.24, 2.45) is 10.9 Å². The van der Waals surface area contributed by atoms with Crippen molar-refractivity contribution in [3.05, 3.63) is 12.7 Å². The Hall–Kier alpha value is -2.62. The highest BCUT2D eigenvalue weighted by Crippen LogP contribution is 2.29. The van der Waals surface area contributed by atoms with Crippen molar-refractivity contribution in [2.75, 3.05) is 26.9 Å². The molecule has 0 aromatic heterocycles. The number of rotatable bonds is 7. The molecule has 0 aromatic rings. The van der Waals surface area contributed by atoms with Crippen molar-refractivity contribution in [3.8, 4) is 0 Å². The average Bonchev–Trinajstić information content (AvgIpc) is 2.80. The minimum Gasteiger partial charge on any atom is -0.467 e. The van der Waals surface area contributed by atoms with Crippen LogP contribution < -0.4 is 5.73 Å². The first-order valence-electron chi connectivity index (χ1n) is 6.88. The third-order valence-electron chi connectivity index (χ3n) is 3.44. The zero-order valence-electron chi connectivity index (χ0n) is 12.6. The Kier molecular flexibility index (Phi) is 5.16. The van der Waals surface area contributed by atoms with E-state index in [0.717, 1.165) is 5.06 Å². The summed E-state index contributed by atoms with van der Waals surface area (Å²) in [6.45, 7) is 3.44. The molecule has 2 aliphatic heterocycles. The molecule has 2 saturated heterocycles. The maximum absolute atomic E-state index is 12.4. The SMILES string of the molecule is C=CCON1C(=O)N2CC1/C(=N\OCC(N)=O)C[C@H]2C(=O)OC. The number of carbonyl (C=O) groups is 3. The lowest BCUT2D eigenvalue weighted by atomic mass is 9.99. The van der Waals surface area contributed by atoms with E-state index in [9.17, 15) is 14.4 Å². The van der Waals surface area contributed by atoms with Gasteiger partial charge in [-0.15, -0.1) is 6.58 Å². The molecule has 2 N–H and O–H groups in total. The highest BCUT2D eigenvalue weighted by atomic mass is 16.7. The summed E-state index contributed by atoms with van der Waals surface area (Å²) in [6.07, 6.45) is 1.61. The number of carbonyl (C=O) groups excluding carboxylic acids is 3. The van der Waals surface area contributed by atoms with Gasteiger partial charge in [-0.3, -0.25) is 9.63 Å². The number of ether oxygens (including phenoxy) is 1. The standard InChI is InChI=1S/C13H18N4O6/c1-3-4-23-17-10-6-16(13(17)20)9(12(19)21-2)5-8(10)15-22-7-11(14)18/h3,9-10H,1,4-7H2,2H3,(H2,14,18)/b15-8-/t9-,10?/m0/s1. The first kappa shape index (κ1) is 16.7. The molecule has 1 unspecified atom stereocenters. The van der Waals surface area contributed by atoms with Gasteiger partial charge in [-0.25, -0.2) is 9.59 Å². The lowest BCUT2D eigenvalue weighted by Crippen LogP contribution is -2.49. The summed E-state index contributed by atoms with van der Waals surface area (Å²) in [6, 6.07) is -1.81. The first-order chi connectivity index (χ1) is 11.0. The van der Waals surface area contributed by atoms with Crippen LogP contribution in [0.2, 0.25) is 0 Å². The fourth-order valence-electron chi connectivity index (χ4n) is 2.45. The number of hydroxylamine groups is 2. The Bertz CT molecular complexity index is 549. The maximum atomic E-state index is 12.4. The fourth-order valence-corrected chi connectivity index (χ4v) is 2.45. The predicted octanol–water partition coefficient (Wildman–Crippen LogP) is -0.987. The van der Waals surface area contributed by atoms with Gasteiger partial charge in [0, 0.05) is 6.42 Å². The van der Waals surface area contributed by atoms with E-state index in [2.05, 4.69) is 11.7 Å². The lowest BCUT2D eigenvalue weighted by molar-refractivity contribution is -0.145. The predicted molar refractivity (Wildman–Crippen MR) is 76.9 cm³/mol. The molecule has 0 saturated carbocycles. The number of fused-ring (bicyclic) bond motifs is 2. The number of methoxy groups -OCH3 is 1. The second kappa shape index (κ2) is 7.09. The Balaban J connectivity index is 2.23. The van der Waals surface area contributed by atoms with E-state index in [1.54, 1.807) is 0 Å².